The fourth-order valence-electron chi connectivity index (χ4n) is 3.09. The second-order valence-corrected chi connectivity index (χ2v) is 7.37. The summed E-state index contributed by atoms with van der Waals surface area (Å²) in [4.78, 5) is 24.9. The molecule has 0 saturated heterocycles. The maximum atomic E-state index is 12.5. The van der Waals surface area contributed by atoms with Gasteiger partial charge >= 0.3 is 0 Å². The largest absolute Gasteiger partial charge is 0.480 e. The molecule has 2 amide bonds. The summed E-state index contributed by atoms with van der Waals surface area (Å²) in [6.07, 6.45) is -0.648. The third-order valence-electron chi connectivity index (χ3n) is 4.76. The van der Waals surface area contributed by atoms with Gasteiger partial charge in [0.1, 0.15) is 5.75 Å². The first-order valence-electron chi connectivity index (χ1n) is 9.85. The zero-order valence-corrected chi connectivity index (χ0v) is 17.7. The lowest BCUT2D eigenvalue weighted by atomic mass is 10.1. The van der Waals surface area contributed by atoms with Crippen molar-refractivity contribution in [1.29, 1.82) is 0 Å². The van der Waals surface area contributed by atoms with Crippen molar-refractivity contribution in [3.63, 3.8) is 0 Å². The van der Waals surface area contributed by atoms with Gasteiger partial charge in [0.25, 0.3) is 11.8 Å². The zero-order chi connectivity index (χ0) is 21.7. The number of nitrogens with one attached hydrogen (secondary N) is 2. The van der Waals surface area contributed by atoms with Crippen molar-refractivity contribution >= 4 is 23.2 Å². The number of para-hydroxylation sites is 1. The molecule has 30 heavy (non-hydrogen) atoms. The fourth-order valence-corrected chi connectivity index (χ4v) is 3.09. The predicted octanol–water partition coefficient (Wildman–Crippen LogP) is 5.27. The van der Waals surface area contributed by atoms with Crippen LogP contribution in [0, 0.1) is 20.8 Å². The van der Waals surface area contributed by atoms with Gasteiger partial charge in [-0.15, -0.1) is 0 Å². The van der Waals surface area contributed by atoms with Crippen LogP contribution in [0.4, 0.5) is 11.4 Å². The first kappa shape index (κ1) is 21.1. The number of hydrogen-bond donors (Lipinski definition) is 2. The van der Waals surface area contributed by atoms with E-state index in [0.29, 0.717) is 16.9 Å². The molecular formula is C25H26N2O3. The molecule has 5 heteroatoms. The van der Waals surface area contributed by atoms with Crippen LogP contribution in [0.1, 0.15) is 34.0 Å². The molecule has 0 fully saturated rings. The van der Waals surface area contributed by atoms with Crippen LogP contribution in [0.2, 0.25) is 0 Å². The molecule has 154 valence electrons. The maximum absolute atomic E-state index is 12.5. The highest BCUT2D eigenvalue weighted by Gasteiger charge is 2.17. The Balaban J connectivity index is 1.59. The van der Waals surface area contributed by atoms with Gasteiger partial charge in [-0.05, 0) is 75.2 Å². The molecule has 1 atom stereocenters. The molecule has 0 aliphatic carbocycles. The average Bonchev–Trinajstić information content (AvgIpc) is 2.72. The minimum absolute atomic E-state index is 0.175. The van der Waals surface area contributed by atoms with Gasteiger partial charge in [0.15, 0.2) is 6.10 Å². The Kier molecular flexibility index (Phi) is 6.52. The third kappa shape index (κ3) is 5.26. The Morgan fingerprint density at radius 2 is 1.37 bits per heavy atom. The second-order valence-electron chi connectivity index (χ2n) is 7.37. The summed E-state index contributed by atoms with van der Waals surface area (Å²) in [7, 11) is 0. The molecule has 1 unspecified atom stereocenters. The number of rotatable bonds is 6. The standard InChI is InChI=1S/C25H26N2O3/c1-16-7-5-10-20(15-16)25(29)27-22-13-11-21(12-14-22)26-24(28)19(4)30-23-17(2)8-6-9-18(23)3/h5-15,19H,1-4H3,(H,26,28)(H,27,29). The van der Waals surface area contributed by atoms with E-state index < -0.39 is 6.10 Å². The van der Waals surface area contributed by atoms with Gasteiger partial charge in [-0.25, -0.2) is 0 Å². The Bertz CT molecular complexity index is 1040. The molecule has 3 rings (SSSR count). The lowest BCUT2D eigenvalue weighted by Crippen LogP contribution is -2.30. The molecule has 2 N–H and O–H groups in total. The van der Waals surface area contributed by atoms with Crippen molar-refractivity contribution in [1.82, 2.24) is 0 Å². The van der Waals surface area contributed by atoms with Crippen LogP contribution in [-0.4, -0.2) is 17.9 Å². The van der Waals surface area contributed by atoms with Crippen molar-refractivity contribution in [3.05, 3.63) is 89.0 Å². The zero-order valence-electron chi connectivity index (χ0n) is 17.7. The summed E-state index contributed by atoms with van der Waals surface area (Å²) in [5.74, 6) is 0.315. The van der Waals surface area contributed by atoms with Gasteiger partial charge in [0.05, 0.1) is 0 Å². The van der Waals surface area contributed by atoms with E-state index in [4.69, 9.17) is 4.74 Å². The monoisotopic (exact) mass is 402 g/mol. The van der Waals surface area contributed by atoms with Crippen LogP contribution < -0.4 is 15.4 Å². The van der Waals surface area contributed by atoms with E-state index in [1.54, 1.807) is 37.3 Å². The van der Waals surface area contributed by atoms with Crippen molar-refractivity contribution in [2.24, 2.45) is 0 Å². The van der Waals surface area contributed by atoms with Crippen molar-refractivity contribution < 1.29 is 14.3 Å². The smallest absolute Gasteiger partial charge is 0.265 e. The molecule has 5 nitrogen and oxygen atoms in total. The van der Waals surface area contributed by atoms with E-state index in [2.05, 4.69) is 10.6 Å². The second kappa shape index (κ2) is 9.27. The van der Waals surface area contributed by atoms with E-state index in [0.717, 1.165) is 22.4 Å². The summed E-state index contributed by atoms with van der Waals surface area (Å²) in [6, 6.07) is 20.3. The first-order valence-corrected chi connectivity index (χ1v) is 9.85. The van der Waals surface area contributed by atoms with E-state index in [-0.39, 0.29) is 11.8 Å². The molecule has 3 aromatic rings. The lowest BCUT2D eigenvalue weighted by Gasteiger charge is -2.18. The highest BCUT2D eigenvalue weighted by molar-refractivity contribution is 6.04. The van der Waals surface area contributed by atoms with E-state index in [1.807, 2.05) is 57.2 Å². The van der Waals surface area contributed by atoms with Crippen LogP contribution in [0.5, 0.6) is 5.75 Å². The Morgan fingerprint density at radius 3 is 1.97 bits per heavy atom. The number of carbonyl (C=O) groups excluding carboxylic acids is 2. The van der Waals surface area contributed by atoms with Crippen LogP contribution in [0.15, 0.2) is 66.7 Å². The van der Waals surface area contributed by atoms with E-state index >= 15 is 0 Å². The maximum Gasteiger partial charge on any atom is 0.265 e. The van der Waals surface area contributed by atoms with Crippen molar-refractivity contribution in [2.75, 3.05) is 10.6 Å². The number of amides is 2. The quantitative estimate of drug-likeness (QED) is 0.590. The fraction of sp³-hybridized carbons (Fsp3) is 0.200. The molecular weight excluding hydrogens is 376 g/mol. The first-order chi connectivity index (χ1) is 14.3. The summed E-state index contributed by atoms with van der Waals surface area (Å²) < 4.78 is 5.88. The van der Waals surface area contributed by atoms with Gasteiger partial charge in [0.2, 0.25) is 0 Å². The highest BCUT2D eigenvalue weighted by atomic mass is 16.5. The SMILES string of the molecule is Cc1cccc(C(=O)Nc2ccc(NC(=O)C(C)Oc3c(C)cccc3C)cc2)c1. The molecule has 0 aliphatic heterocycles. The Labute approximate surface area is 177 Å². The van der Waals surface area contributed by atoms with Gasteiger partial charge in [-0.1, -0.05) is 35.9 Å². The molecule has 0 bridgehead atoms. The number of hydrogen-bond acceptors (Lipinski definition) is 3. The summed E-state index contributed by atoms with van der Waals surface area (Å²) >= 11 is 0. The molecule has 0 saturated carbocycles. The minimum Gasteiger partial charge on any atom is -0.480 e. The minimum atomic E-state index is -0.648. The molecule has 0 aliphatic rings. The average molecular weight is 402 g/mol. The highest BCUT2D eigenvalue weighted by Crippen LogP contribution is 2.24. The van der Waals surface area contributed by atoms with Gasteiger partial charge in [-0.3, -0.25) is 9.59 Å². The van der Waals surface area contributed by atoms with Gasteiger partial charge in [-0.2, -0.15) is 0 Å². The number of anilines is 2. The normalized spacial score (nSPS) is 11.5. The Morgan fingerprint density at radius 1 is 0.800 bits per heavy atom. The van der Waals surface area contributed by atoms with E-state index in [1.165, 1.54) is 0 Å². The van der Waals surface area contributed by atoms with Crippen LogP contribution in [-0.2, 0) is 4.79 Å². The molecule has 3 aromatic carbocycles. The van der Waals surface area contributed by atoms with Crippen LogP contribution in [0.25, 0.3) is 0 Å². The summed E-state index contributed by atoms with van der Waals surface area (Å²) in [6.45, 7) is 7.57. The van der Waals surface area contributed by atoms with Crippen molar-refractivity contribution in [2.45, 2.75) is 33.8 Å². The molecule has 0 aromatic heterocycles. The topological polar surface area (TPSA) is 67.4 Å². The summed E-state index contributed by atoms with van der Waals surface area (Å²) in [5.41, 5.74) is 4.89. The number of carbonyl (C=O) groups is 2. The number of benzene rings is 3. The molecule has 0 heterocycles. The Hall–Kier alpha value is -3.60. The van der Waals surface area contributed by atoms with Gasteiger partial charge < -0.3 is 15.4 Å². The van der Waals surface area contributed by atoms with Gasteiger partial charge in [0, 0.05) is 16.9 Å². The predicted molar refractivity (Wildman–Crippen MR) is 120 cm³/mol. The van der Waals surface area contributed by atoms with Crippen LogP contribution in [0.3, 0.4) is 0 Å². The molecule has 0 spiro atoms. The lowest BCUT2D eigenvalue weighted by molar-refractivity contribution is -0.122. The van der Waals surface area contributed by atoms with E-state index in [9.17, 15) is 9.59 Å². The van der Waals surface area contributed by atoms with Crippen LogP contribution >= 0.6 is 0 Å². The summed E-state index contributed by atoms with van der Waals surface area (Å²) in [5, 5.41) is 5.70. The van der Waals surface area contributed by atoms with Crippen molar-refractivity contribution in [3.8, 4) is 5.75 Å². The molecule has 0 radical (unpaired) electrons. The third-order valence-corrected chi connectivity index (χ3v) is 4.76. The number of ether oxygens (including phenoxy) is 1. The number of aryl methyl sites for hydroxylation is 3.